The number of carbonyl (C=O) groups excluding carboxylic acids is 2. The third-order valence-corrected chi connectivity index (χ3v) is 2.83. The molecule has 1 atom stereocenters. The highest BCUT2D eigenvalue weighted by Crippen LogP contribution is 2.28. The first-order chi connectivity index (χ1) is 9.62. The molecule has 1 aromatic carbocycles. The van der Waals surface area contributed by atoms with Crippen molar-refractivity contribution in [1.82, 2.24) is 5.32 Å². The number of aldehydes is 1. The van der Waals surface area contributed by atoms with E-state index in [1.165, 1.54) is 7.11 Å². The molecule has 0 aromatic heterocycles. The van der Waals surface area contributed by atoms with Crippen LogP contribution in [0.25, 0.3) is 0 Å². The monoisotopic (exact) mass is 279 g/mol. The number of hydrogen-bond acceptors (Lipinski definition) is 4. The first-order valence-electron chi connectivity index (χ1n) is 6.70. The molecule has 0 fully saturated rings. The van der Waals surface area contributed by atoms with Crippen LogP contribution in [0.15, 0.2) is 18.2 Å². The average molecular weight is 279 g/mol. The second-order valence-electron chi connectivity index (χ2n) is 4.43. The SMILES string of the molecule is CCCCNC(=O)C(C)Oc1cc(C=O)ccc1OC. The van der Waals surface area contributed by atoms with Crippen LogP contribution in [-0.2, 0) is 4.79 Å². The Morgan fingerprint density at radius 3 is 2.75 bits per heavy atom. The Hall–Kier alpha value is -2.04. The van der Waals surface area contributed by atoms with E-state index in [1.807, 2.05) is 0 Å². The summed E-state index contributed by atoms with van der Waals surface area (Å²) in [7, 11) is 1.51. The predicted molar refractivity (Wildman–Crippen MR) is 76.4 cm³/mol. The van der Waals surface area contributed by atoms with Crippen molar-refractivity contribution in [2.24, 2.45) is 0 Å². The summed E-state index contributed by atoms with van der Waals surface area (Å²) in [5.74, 6) is 0.691. The lowest BCUT2D eigenvalue weighted by atomic mass is 10.2. The maximum atomic E-state index is 11.8. The lowest BCUT2D eigenvalue weighted by Gasteiger charge is -2.17. The van der Waals surface area contributed by atoms with Crippen molar-refractivity contribution in [3.63, 3.8) is 0 Å². The Labute approximate surface area is 119 Å². The summed E-state index contributed by atoms with van der Waals surface area (Å²) in [6.45, 7) is 4.35. The van der Waals surface area contributed by atoms with Crippen LogP contribution in [0.1, 0.15) is 37.0 Å². The number of amides is 1. The molecule has 20 heavy (non-hydrogen) atoms. The first-order valence-corrected chi connectivity index (χ1v) is 6.70. The van der Waals surface area contributed by atoms with E-state index in [4.69, 9.17) is 9.47 Å². The molecule has 1 amide bonds. The van der Waals surface area contributed by atoms with Gasteiger partial charge in [-0.3, -0.25) is 9.59 Å². The zero-order chi connectivity index (χ0) is 15.0. The van der Waals surface area contributed by atoms with E-state index in [-0.39, 0.29) is 5.91 Å². The third-order valence-electron chi connectivity index (χ3n) is 2.83. The second-order valence-corrected chi connectivity index (χ2v) is 4.43. The fourth-order valence-electron chi connectivity index (χ4n) is 1.63. The van der Waals surface area contributed by atoms with Gasteiger partial charge in [0, 0.05) is 12.1 Å². The molecular formula is C15H21NO4. The van der Waals surface area contributed by atoms with Gasteiger partial charge in [-0.15, -0.1) is 0 Å². The summed E-state index contributed by atoms with van der Waals surface area (Å²) in [5.41, 5.74) is 0.472. The third kappa shape index (κ3) is 4.57. The molecule has 5 nitrogen and oxygen atoms in total. The molecule has 1 aromatic rings. The molecule has 0 spiro atoms. The molecule has 0 heterocycles. The Morgan fingerprint density at radius 1 is 1.40 bits per heavy atom. The van der Waals surface area contributed by atoms with Crippen LogP contribution in [-0.4, -0.2) is 32.0 Å². The average Bonchev–Trinajstić information content (AvgIpc) is 2.47. The van der Waals surface area contributed by atoms with Crippen LogP contribution in [0.4, 0.5) is 0 Å². The van der Waals surface area contributed by atoms with Crippen LogP contribution in [0.5, 0.6) is 11.5 Å². The van der Waals surface area contributed by atoms with Crippen molar-refractivity contribution in [3.05, 3.63) is 23.8 Å². The minimum atomic E-state index is -0.650. The van der Waals surface area contributed by atoms with E-state index in [9.17, 15) is 9.59 Å². The van der Waals surface area contributed by atoms with Gasteiger partial charge in [0.05, 0.1) is 7.11 Å². The number of ether oxygens (including phenoxy) is 2. The van der Waals surface area contributed by atoms with Crippen molar-refractivity contribution in [1.29, 1.82) is 0 Å². The van der Waals surface area contributed by atoms with Crippen LogP contribution >= 0.6 is 0 Å². The molecule has 1 N–H and O–H groups in total. The molecule has 0 saturated heterocycles. The number of carbonyl (C=O) groups is 2. The maximum Gasteiger partial charge on any atom is 0.260 e. The molecule has 0 radical (unpaired) electrons. The topological polar surface area (TPSA) is 64.6 Å². The minimum absolute atomic E-state index is 0.183. The van der Waals surface area contributed by atoms with Crippen molar-refractivity contribution in [3.8, 4) is 11.5 Å². The Morgan fingerprint density at radius 2 is 2.15 bits per heavy atom. The lowest BCUT2D eigenvalue weighted by molar-refractivity contribution is -0.127. The zero-order valence-corrected chi connectivity index (χ0v) is 12.1. The number of nitrogens with one attached hydrogen (secondary N) is 1. The van der Waals surface area contributed by atoms with E-state index >= 15 is 0 Å². The summed E-state index contributed by atoms with van der Waals surface area (Å²) >= 11 is 0. The van der Waals surface area contributed by atoms with Crippen LogP contribution in [0.2, 0.25) is 0 Å². The van der Waals surface area contributed by atoms with Gasteiger partial charge in [0.2, 0.25) is 0 Å². The zero-order valence-electron chi connectivity index (χ0n) is 12.1. The fraction of sp³-hybridized carbons (Fsp3) is 0.467. The number of benzene rings is 1. The predicted octanol–water partition coefficient (Wildman–Crippen LogP) is 2.19. The highest BCUT2D eigenvalue weighted by molar-refractivity contribution is 5.81. The fourth-order valence-corrected chi connectivity index (χ4v) is 1.63. The van der Waals surface area contributed by atoms with E-state index in [0.717, 1.165) is 19.1 Å². The van der Waals surface area contributed by atoms with E-state index in [0.29, 0.717) is 23.6 Å². The largest absolute Gasteiger partial charge is 0.493 e. The minimum Gasteiger partial charge on any atom is -0.493 e. The molecular weight excluding hydrogens is 258 g/mol. The van der Waals surface area contributed by atoms with Crippen LogP contribution in [0.3, 0.4) is 0 Å². The number of hydrogen-bond donors (Lipinski definition) is 1. The molecule has 110 valence electrons. The summed E-state index contributed by atoms with van der Waals surface area (Å²) in [4.78, 5) is 22.6. The Bertz CT molecular complexity index is 459. The van der Waals surface area contributed by atoms with Gasteiger partial charge in [-0.1, -0.05) is 13.3 Å². The van der Waals surface area contributed by atoms with Gasteiger partial charge < -0.3 is 14.8 Å². The van der Waals surface area contributed by atoms with E-state index in [1.54, 1.807) is 25.1 Å². The van der Waals surface area contributed by atoms with Crippen molar-refractivity contribution < 1.29 is 19.1 Å². The highest BCUT2D eigenvalue weighted by Gasteiger charge is 2.16. The smallest absolute Gasteiger partial charge is 0.260 e. The molecule has 0 aliphatic carbocycles. The molecule has 0 aliphatic rings. The maximum absolute atomic E-state index is 11.8. The van der Waals surface area contributed by atoms with Gasteiger partial charge in [0.1, 0.15) is 6.29 Å². The molecule has 0 saturated carbocycles. The highest BCUT2D eigenvalue weighted by atomic mass is 16.5. The van der Waals surface area contributed by atoms with Gasteiger partial charge in [-0.05, 0) is 31.5 Å². The number of rotatable bonds is 8. The summed E-state index contributed by atoms with van der Waals surface area (Å²) in [6, 6.07) is 4.83. The summed E-state index contributed by atoms with van der Waals surface area (Å²) in [6.07, 6.45) is 2.02. The molecule has 5 heteroatoms. The molecule has 1 rings (SSSR count). The van der Waals surface area contributed by atoms with Crippen molar-refractivity contribution in [2.45, 2.75) is 32.8 Å². The summed E-state index contributed by atoms with van der Waals surface area (Å²) in [5, 5.41) is 2.80. The van der Waals surface area contributed by atoms with Crippen LogP contribution < -0.4 is 14.8 Å². The Kier molecular flexibility index (Phi) is 6.56. The van der Waals surface area contributed by atoms with E-state index < -0.39 is 6.10 Å². The van der Waals surface area contributed by atoms with Crippen LogP contribution in [0, 0.1) is 0 Å². The van der Waals surface area contributed by atoms with Gasteiger partial charge in [-0.2, -0.15) is 0 Å². The normalized spacial score (nSPS) is 11.6. The number of unbranched alkanes of at least 4 members (excludes halogenated alkanes) is 1. The van der Waals surface area contributed by atoms with Gasteiger partial charge in [-0.25, -0.2) is 0 Å². The standard InChI is InChI=1S/C15H21NO4/c1-4-5-8-16-15(18)11(2)20-14-9-12(10-17)6-7-13(14)19-3/h6-7,9-11H,4-5,8H2,1-3H3,(H,16,18). The van der Waals surface area contributed by atoms with Gasteiger partial charge in [0.15, 0.2) is 17.6 Å². The van der Waals surface area contributed by atoms with Gasteiger partial charge >= 0.3 is 0 Å². The molecule has 1 unspecified atom stereocenters. The molecule has 0 aliphatic heterocycles. The quantitative estimate of drug-likeness (QED) is 0.585. The van der Waals surface area contributed by atoms with Gasteiger partial charge in [0.25, 0.3) is 5.91 Å². The number of methoxy groups -OCH3 is 1. The van der Waals surface area contributed by atoms with Crippen molar-refractivity contribution in [2.75, 3.05) is 13.7 Å². The second kappa shape index (κ2) is 8.19. The van der Waals surface area contributed by atoms with Crippen molar-refractivity contribution >= 4 is 12.2 Å². The summed E-state index contributed by atoms with van der Waals surface area (Å²) < 4.78 is 10.7. The van der Waals surface area contributed by atoms with E-state index in [2.05, 4.69) is 12.2 Å². The Balaban J connectivity index is 2.70. The lowest BCUT2D eigenvalue weighted by Crippen LogP contribution is -2.36. The molecule has 0 bridgehead atoms. The first kappa shape index (κ1) is 16.0.